The van der Waals surface area contributed by atoms with E-state index in [1.165, 1.54) is 0 Å². The number of carbonyl (C=O) groups is 6. The van der Waals surface area contributed by atoms with E-state index in [0.29, 0.717) is 30.6 Å². The largest absolute Gasteiger partial charge is 0.508 e. The summed E-state index contributed by atoms with van der Waals surface area (Å²) in [5.74, 6) is -3.89. The fraction of sp³-hybridized carbons (Fsp3) is 0.538. The second-order valence-corrected chi connectivity index (χ2v) is 14.1. The van der Waals surface area contributed by atoms with Gasteiger partial charge in [-0.1, -0.05) is 30.3 Å². The second-order valence-electron chi connectivity index (χ2n) is 14.1. The van der Waals surface area contributed by atoms with E-state index < -0.39 is 71.8 Å². The number of aromatic hydroxyl groups is 1. The summed E-state index contributed by atoms with van der Waals surface area (Å²) in [7, 11) is 6.66. The van der Waals surface area contributed by atoms with Gasteiger partial charge in [-0.05, 0) is 88.4 Å². The molecule has 0 saturated carbocycles. The Hall–Kier alpha value is -5.14. The van der Waals surface area contributed by atoms with Crippen LogP contribution in [0.2, 0.25) is 0 Å². The molecule has 0 fully saturated rings. The Morgan fingerprint density at radius 2 is 1.54 bits per heavy atom. The van der Waals surface area contributed by atoms with Crippen molar-refractivity contribution in [2.45, 2.75) is 81.3 Å². The topological polar surface area (TPSA) is 277 Å². The molecule has 2 aromatic rings. The molecule has 0 radical (unpaired) electrons. The maximum absolute atomic E-state index is 14.3. The van der Waals surface area contributed by atoms with Gasteiger partial charge >= 0.3 is 0 Å². The van der Waals surface area contributed by atoms with Gasteiger partial charge in [0.05, 0.1) is 12.1 Å². The Balaban J connectivity index is 2.03. The van der Waals surface area contributed by atoms with Crippen LogP contribution in [-0.4, -0.2) is 136 Å². The molecular weight excluding hydrogens is 736 g/mol. The molecule has 3 rings (SSSR count). The summed E-state index contributed by atoms with van der Waals surface area (Å²) in [5.41, 5.74) is 8.00. The van der Waals surface area contributed by atoms with Gasteiger partial charge in [-0.25, -0.2) is 0 Å². The van der Waals surface area contributed by atoms with E-state index in [4.69, 9.17) is 5.73 Å². The van der Waals surface area contributed by atoms with E-state index in [1.54, 1.807) is 58.5 Å². The highest BCUT2D eigenvalue weighted by Crippen LogP contribution is 2.28. The lowest BCUT2D eigenvalue weighted by atomic mass is 9.95. The van der Waals surface area contributed by atoms with Crippen molar-refractivity contribution in [2.75, 3.05) is 54.4 Å². The van der Waals surface area contributed by atoms with Crippen LogP contribution in [0.3, 0.4) is 0 Å². The van der Waals surface area contributed by atoms with Crippen LogP contribution >= 0.6 is 0 Å². The van der Waals surface area contributed by atoms with Crippen molar-refractivity contribution < 1.29 is 39.0 Å². The third-order valence-electron chi connectivity index (χ3n) is 9.62. The van der Waals surface area contributed by atoms with Gasteiger partial charge in [0.25, 0.3) is 0 Å². The highest BCUT2D eigenvalue weighted by atomic mass is 16.3. The summed E-state index contributed by atoms with van der Waals surface area (Å²) in [6.45, 7) is 1.35. The number of likely N-dealkylation sites (N-methyl/N-ethyl adjacent to an activating group) is 3. The minimum absolute atomic E-state index is 0.00957. The van der Waals surface area contributed by atoms with Crippen molar-refractivity contribution in [3.63, 3.8) is 0 Å². The molecule has 1 heterocycles. The first-order valence-electron chi connectivity index (χ1n) is 19.3. The number of hydrogen-bond acceptors (Lipinski definition) is 12. The number of carbonyl (C=O) groups excluding carboxylic acids is 6. The number of amides is 6. The average molecular weight is 797 g/mol. The van der Waals surface area contributed by atoms with Gasteiger partial charge in [-0.15, -0.1) is 0 Å². The van der Waals surface area contributed by atoms with Crippen molar-refractivity contribution in [3.05, 3.63) is 53.6 Å². The Morgan fingerprint density at radius 3 is 2.23 bits per heavy atom. The van der Waals surface area contributed by atoms with Gasteiger partial charge in [0.2, 0.25) is 35.4 Å². The number of aliphatic hydroxyl groups is 1. The van der Waals surface area contributed by atoms with Gasteiger partial charge in [0.1, 0.15) is 29.9 Å². The molecule has 4 bridgehead atoms. The molecular formula is C39H60N10O8. The molecule has 0 saturated heterocycles. The van der Waals surface area contributed by atoms with Crippen LogP contribution in [0, 0.1) is 0 Å². The number of nitrogens with two attached hydrogens (primary N) is 1. The fourth-order valence-corrected chi connectivity index (χ4v) is 6.45. The Labute approximate surface area is 333 Å². The van der Waals surface area contributed by atoms with E-state index in [-0.39, 0.29) is 57.4 Å². The lowest BCUT2D eigenvalue weighted by Gasteiger charge is -2.28. The van der Waals surface area contributed by atoms with Crippen LogP contribution in [0.15, 0.2) is 42.5 Å². The molecule has 18 nitrogen and oxygen atoms in total. The molecule has 13 N–H and O–H groups in total. The van der Waals surface area contributed by atoms with Gasteiger partial charge < -0.3 is 63.8 Å². The van der Waals surface area contributed by atoms with E-state index in [0.717, 1.165) is 11.1 Å². The van der Waals surface area contributed by atoms with Crippen LogP contribution in [-0.2, 0) is 41.6 Å². The number of fused-ring (bicyclic) bond motifs is 5. The van der Waals surface area contributed by atoms with E-state index >= 15 is 0 Å². The zero-order chi connectivity index (χ0) is 41.9. The smallest absolute Gasteiger partial charge is 0.243 e. The fourth-order valence-electron chi connectivity index (χ4n) is 6.45. The minimum atomic E-state index is -1.29. The number of nitrogens with one attached hydrogen (secondary N) is 9. The maximum Gasteiger partial charge on any atom is 0.243 e. The number of benzene rings is 2. The first-order chi connectivity index (χ1) is 27.3. The predicted octanol–water partition coefficient (Wildman–Crippen LogP) is -2.74. The average Bonchev–Trinajstić information content (AvgIpc) is 3.17. The maximum atomic E-state index is 14.3. The van der Waals surface area contributed by atoms with Crippen LogP contribution in [0.25, 0.3) is 11.1 Å². The Bertz CT molecular complexity index is 1680. The molecule has 0 aromatic heterocycles. The van der Waals surface area contributed by atoms with Crippen LogP contribution in [0.4, 0.5) is 0 Å². The Kier molecular flexibility index (Phi) is 19.3. The number of rotatable bonds is 20. The summed E-state index contributed by atoms with van der Waals surface area (Å²) < 4.78 is 0. The molecule has 57 heavy (non-hydrogen) atoms. The summed E-state index contributed by atoms with van der Waals surface area (Å²) in [6.07, 6.45) is -0.832. The first kappa shape index (κ1) is 46.2. The summed E-state index contributed by atoms with van der Waals surface area (Å²) in [4.78, 5) is 80.6. The highest BCUT2D eigenvalue weighted by Gasteiger charge is 2.33. The SMILES string of the molecule is CNCCC[C@@H](NC(=O)[C@@H]1Cc2cccc(c2)-c2ccc(O)c(c2)C[C@H](NC)C(=O)N[C@@H](C[C@@H](O)CNC)C(=O)N1)C(=O)N[C@H](CCC(N)=O)C(=O)NCCNC. The molecule has 1 aliphatic rings. The monoisotopic (exact) mass is 796 g/mol. The summed E-state index contributed by atoms with van der Waals surface area (Å²) in [5, 5.41) is 46.8. The molecule has 0 aliphatic carbocycles. The number of primary amides is 1. The van der Waals surface area contributed by atoms with E-state index in [9.17, 15) is 39.0 Å². The van der Waals surface area contributed by atoms with Gasteiger partial charge in [-0.2, -0.15) is 0 Å². The molecule has 0 spiro atoms. The number of phenolic OH excluding ortho intramolecular Hbond substituents is 1. The quantitative estimate of drug-likeness (QED) is 0.0609. The third-order valence-corrected chi connectivity index (χ3v) is 9.62. The van der Waals surface area contributed by atoms with E-state index in [1.807, 2.05) is 12.1 Å². The number of aliphatic hydroxyl groups excluding tert-OH is 1. The molecule has 0 unspecified atom stereocenters. The highest BCUT2D eigenvalue weighted by molar-refractivity contribution is 5.96. The molecule has 18 heteroatoms. The van der Waals surface area contributed by atoms with Crippen LogP contribution in [0.5, 0.6) is 5.75 Å². The first-order valence-corrected chi connectivity index (χ1v) is 19.3. The minimum Gasteiger partial charge on any atom is -0.508 e. The normalized spacial score (nSPS) is 18.7. The zero-order valence-corrected chi connectivity index (χ0v) is 33.2. The third kappa shape index (κ3) is 15.0. The molecule has 2 aromatic carbocycles. The zero-order valence-electron chi connectivity index (χ0n) is 33.2. The van der Waals surface area contributed by atoms with Gasteiger partial charge in [0.15, 0.2) is 0 Å². The van der Waals surface area contributed by atoms with Crippen molar-refractivity contribution in [3.8, 4) is 16.9 Å². The van der Waals surface area contributed by atoms with Crippen LogP contribution in [0.1, 0.15) is 43.2 Å². The molecule has 1 aliphatic heterocycles. The lowest BCUT2D eigenvalue weighted by molar-refractivity contribution is -0.135. The van der Waals surface area contributed by atoms with E-state index in [2.05, 4.69) is 47.9 Å². The van der Waals surface area contributed by atoms with Crippen molar-refractivity contribution in [1.82, 2.24) is 47.9 Å². The predicted molar refractivity (Wildman–Crippen MR) is 215 cm³/mol. The molecule has 314 valence electrons. The van der Waals surface area contributed by atoms with Crippen molar-refractivity contribution >= 4 is 35.4 Å². The van der Waals surface area contributed by atoms with Gasteiger partial charge in [-0.3, -0.25) is 28.8 Å². The summed E-state index contributed by atoms with van der Waals surface area (Å²) in [6, 6.07) is 6.63. The number of phenols is 1. The standard InChI is InChI=1S/C39H60N10O8/c1-41-14-6-9-28(36(54)47-29(11-13-34(40)52)35(53)45-16-15-42-2)46-38(56)31-18-23-7-5-8-24(17-23)25-10-12-33(51)26(19-25)20-30(44-4)37(55)49-32(39(57)48-31)21-27(50)22-43-3/h5,7-8,10,12,17,19,27-32,41-44,50-51H,6,9,11,13-16,18,20-22H2,1-4H3,(H2,40,52)(H,45,53)(H,46,56)(H,47,54)(H,48,57)(H,49,55)/t27-,28-,29-,30+,31+,32+/m1/s1. The van der Waals surface area contributed by atoms with Crippen LogP contribution < -0.4 is 53.6 Å². The number of hydrogen-bond donors (Lipinski definition) is 12. The summed E-state index contributed by atoms with van der Waals surface area (Å²) >= 11 is 0. The van der Waals surface area contributed by atoms with Crippen molar-refractivity contribution in [1.29, 1.82) is 0 Å². The second kappa shape index (κ2) is 23.8. The molecule has 6 amide bonds. The van der Waals surface area contributed by atoms with Crippen molar-refractivity contribution in [2.24, 2.45) is 5.73 Å². The molecule has 6 atom stereocenters. The van der Waals surface area contributed by atoms with Gasteiger partial charge in [0, 0.05) is 45.3 Å². The lowest BCUT2D eigenvalue weighted by Crippen LogP contribution is -2.60. The Morgan fingerprint density at radius 1 is 0.825 bits per heavy atom.